The highest BCUT2D eigenvalue weighted by molar-refractivity contribution is 5.90. The van der Waals surface area contributed by atoms with Crippen molar-refractivity contribution < 1.29 is 14.7 Å². The van der Waals surface area contributed by atoms with E-state index in [0.29, 0.717) is 6.54 Å². The first-order valence-electron chi connectivity index (χ1n) is 6.67. The minimum atomic E-state index is -0.739. The highest BCUT2D eigenvalue weighted by Crippen LogP contribution is 2.31. The van der Waals surface area contributed by atoms with Crippen LogP contribution >= 0.6 is 0 Å². The van der Waals surface area contributed by atoms with Gasteiger partial charge in [-0.25, -0.2) is 9.97 Å². The average molecular weight is 278 g/mol. The monoisotopic (exact) mass is 278 g/mol. The summed E-state index contributed by atoms with van der Waals surface area (Å²) < 4.78 is 0. The fraction of sp³-hybridized carbons (Fsp3) is 0.538. The molecule has 0 bridgehead atoms. The highest BCUT2D eigenvalue weighted by Gasteiger charge is 2.32. The number of carboxylic acids is 1. The summed E-state index contributed by atoms with van der Waals surface area (Å²) in [6.45, 7) is 0.668. The number of amides is 1. The lowest BCUT2D eigenvalue weighted by atomic mass is 9.96. The Bertz CT molecular complexity index is 466. The van der Waals surface area contributed by atoms with Crippen molar-refractivity contribution in [2.24, 2.45) is 11.8 Å². The van der Waals surface area contributed by atoms with Gasteiger partial charge in [-0.15, -0.1) is 0 Å². The van der Waals surface area contributed by atoms with E-state index in [1.807, 2.05) is 0 Å². The maximum absolute atomic E-state index is 11.6. The number of hydrogen-bond acceptors (Lipinski definition) is 5. The maximum Gasteiger partial charge on any atom is 0.306 e. The molecular formula is C13H18N4O3. The number of carbonyl (C=O) groups is 2. The first kappa shape index (κ1) is 14.4. The molecular weight excluding hydrogens is 260 g/mol. The van der Waals surface area contributed by atoms with Gasteiger partial charge in [0.05, 0.1) is 12.5 Å². The van der Waals surface area contributed by atoms with Crippen LogP contribution in [0.5, 0.6) is 0 Å². The minimum Gasteiger partial charge on any atom is -0.481 e. The molecule has 1 aromatic heterocycles. The SMILES string of the molecule is O=C(CNCC1CCCC1C(=O)O)Nc1ncccn1. The van der Waals surface area contributed by atoms with Gasteiger partial charge in [0.2, 0.25) is 11.9 Å². The maximum atomic E-state index is 11.6. The van der Waals surface area contributed by atoms with Crippen molar-refractivity contribution in [3.05, 3.63) is 18.5 Å². The van der Waals surface area contributed by atoms with Gasteiger partial charge >= 0.3 is 5.97 Å². The normalized spacial score (nSPS) is 21.6. The third kappa shape index (κ3) is 3.99. The Morgan fingerprint density at radius 3 is 2.75 bits per heavy atom. The van der Waals surface area contributed by atoms with Crippen LogP contribution in [-0.2, 0) is 9.59 Å². The summed E-state index contributed by atoms with van der Waals surface area (Å²) in [5, 5.41) is 14.6. The lowest BCUT2D eigenvalue weighted by Crippen LogP contribution is -2.34. The van der Waals surface area contributed by atoms with Gasteiger partial charge < -0.3 is 10.4 Å². The molecule has 0 aromatic carbocycles. The number of carboxylic acid groups (broad SMARTS) is 1. The molecule has 0 radical (unpaired) electrons. The zero-order valence-corrected chi connectivity index (χ0v) is 11.1. The number of aromatic nitrogens is 2. The van der Waals surface area contributed by atoms with Crippen LogP contribution in [0.2, 0.25) is 0 Å². The van der Waals surface area contributed by atoms with Crippen LogP contribution in [-0.4, -0.2) is 40.0 Å². The van der Waals surface area contributed by atoms with E-state index >= 15 is 0 Å². The molecule has 1 saturated carbocycles. The number of hydrogen-bond donors (Lipinski definition) is 3. The van der Waals surface area contributed by atoms with Gasteiger partial charge in [-0.3, -0.25) is 14.9 Å². The molecule has 0 aliphatic heterocycles. The number of rotatable bonds is 6. The Balaban J connectivity index is 1.70. The average Bonchev–Trinajstić information content (AvgIpc) is 2.88. The summed E-state index contributed by atoms with van der Waals surface area (Å²) in [6, 6.07) is 1.67. The molecule has 1 heterocycles. The van der Waals surface area contributed by atoms with Crippen LogP contribution in [0.4, 0.5) is 5.95 Å². The predicted molar refractivity (Wildman–Crippen MR) is 72.0 cm³/mol. The predicted octanol–water partition coefficient (Wildman–Crippen LogP) is 0.506. The van der Waals surface area contributed by atoms with Crippen molar-refractivity contribution in [3.63, 3.8) is 0 Å². The van der Waals surface area contributed by atoms with Crippen LogP contribution in [0, 0.1) is 11.8 Å². The van der Waals surface area contributed by atoms with Gasteiger partial charge in [-0.1, -0.05) is 6.42 Å². The van der Waals surface area contributed by atoms with E-state index in [1.54, 1.807) is 18.5 Å². The molecule has 1 aliphatic carbocycles. The Morgan fingerprint density at radius 2 is 2.05 bits per heavy atom. The van der Waals surface area contributed by atoms with Gasteiger partial charge in [-0.05, 0) is 31.4 Å². The molecule has 0 saturated heterocycles. The molecule has 2 unspecified atom stereocenters. The fourth-order valence-corrected chi connectivity index (χ4v) is 2.51. The van der Waals surface area contributed by atoms with Crippen molar-refractivity contribution in [3.8, 4) is 0 Å². The quantitative estimate of drug-likeness (QED) is 0.700. The molecule has 2 rings (SSSR count). The van der Waals surface area contributed by atoms with E-state index in [1.165, 1.54) is 0 Å². The van der Waals surface area contributed by atoms with Crippen LogP contribution in [0.25, 0.3) is 0 Å². The Kier molecular flexibility index (Phi) is 5.00. The van der Waals surface area contributed by atoms with Gasteiger partial charge in [0.15, 0.2) is 0 Å². The van der Waals surface area contributed by atoms with Crippen LogP contribution in [0.3, 0.4) is 0 Å². The summed E-state index contributed by atoms with van der Waals surface area (Å²) in [5.74, 6) is -0.891. The topological polar surface area (TPSA) is 104 Å². The van der Waals surface area contributed by atoms with Gasteiger partial charge in [0, 0.05) is 12.4 Å². The lowest BCUT2D eigenvalue weighted by Gasteiger charge is -2.16. The molecule has 1 fully saturated rings. The van der Waals surface area contributed by atoms with Crippen molar-refractivity contribution in [1.82, 2.24) is 15.3 Å². The lowest BCUT2D eigenvalue weighted by molar-refractivity contribution is -0.142. The number of anilines is 1. The van der Waals surface area contributed by atoms with Gasteiger partial charge in [0.25, 0.3) is 0 Å². The first-order valence-corrected chi connectivity index (χ1v) is 6.67. The summed E-state index contributed by atoms with van der Waals surface area (Å²) >= 11 is 0. The standard InChI is InChI=1S/C13H18N4O3/c18-11(17-13-15-5-2-6-16-13)8-14-7-9-3-1-4-10(9)12(19)20/h2,5-6,9-10,14H,1,3-4,7-8H2,(H,19,20)(H,15,16,17,18). The van der Waals surface area contributed by atoms with Gasteiger partial charge in [-0.2, -0.15) is 0 Å². The van der Waals surface area contributed by atoms with E-state index in [4.69, 9.17) is 5.11 Å². The van der Waals surface area contributed by atoms with E-state index in [-0.39, 0.29) is 30.2 Å². The second kappa shape index (κ2) is 6.95. The van der Waals surface area contributed by atoms with E-state index in [2.05, 4.69) is 20.6 Å². The smallest absolute Gasteiger partial charge is 0.306 e. The van der Waals surface area contributed by atoms with Crippen molar-refractivity contribution in [2.45, 2.75) is 19.3 Å². The summed E-state index contributed by atoms with van der Waals surface area (Å²) in [5.41, 5.74) is 0. The third-order valence-corrected chi connectivity index (χ3v) is 3.49. The molecule has 7 nitrogen and oxygen atoms in total. The van der Waals surface area contributed by atoms with Crippen LogP contribution in [0.1, 0.15) is 19.3 Å². The molecule has 7 heteroatoms. The molecule has 3 N–H and O–H groups in total. The molecule has 108 valence electrons. The summed E-state index contributed by atoms with van der Waals surface area (Å²) in [4.78, 5) is 30.4. The molecule has 1 amide bonds. The minimum absolute atomic E-state index is 0.105. The first-order chi connectivity index (χ1) is 9.66. The van der Waals surface area contributed by atoms with Crippen molar-refractivity contribution in [1.29, 1.82) is 0 Å². The molecule has 2 atom stereocenters. The van der Waals surface area contributed by atoms with Gasteiger partial charge in [0.1, 0.15) is 0 Å². The van der Waals surface area contributed by atoms with Crippen molar-refractivity contribution in [2.75, 3.05) is 18.4 Å². The third-order valence-electron chi connectivity index (χ3n) is 3.49. The Hall–Kier alpha value is -2.02. The number of aliphatic carboxylic acids is 1. The van der Waals surface area contributed by atoms with E-state index in [0.717, 1.165) is 19.3 Å². The zero-order valence-electron chi connectivity index (χ0n) is 11.1. The van der Waals surface area contributed by atoms with E-state index in [9.17, 15) is 9.59 Å². The van der Waals surface area contributed by atoms with Crippen LogP contribution in [0.15, 0.2) is 18.5 Å². The number of nitrogens with zero attached hydrogens (tertiary/aromatic N) is 2. The summed E-state index contributed by atoms with van der Waals surface area (Å²) in [6.07, 6.45) is 5.66. The number of carbonyl (C=O) groups excluding carboxylic acids is 1. The summed E-state index contributed by atoms with van der Waals surface area (Å²) in [7, 11) is 0. The molecule has 0 spiro atoms. The molecule has 1 aromatic rings. The highest BCUT2D eigenvalue weighted by atomic mass is 16.4. The second-order valence-corrected chi connectivity index (χ2v) is 4.89. The largest absolute Gasteiger partial charge is 0.481 e. The molecule has 1 aliphatic rings. The van der Waals surface area contributed by atoms with Crippen molar-refractivity contribution >= 4 is 17.8 Å². The van der Waals surface area contributed by atoms with Crippen LogP contribution < -0.4 is 10.6 Å². The Labute approximate surface area is 116 Å². The zero-order chi connectivity index (χ0) is 14.4. The van der Waals surface area contributed by atoms with E-state index < -0.39 is 5.97 Å². The fourth-order valence-electron chi connectivity index (χ4n) is 2.51. The number of nitrogens with one attached hydrogen (secondary N) is 2. The Morgan fingerprint density at radius 1 is 1.30 bits per heavy atom. The molecule has 20 heavy (non-hydrogen) atoms. The second-order valence-electron chi connectivity index (χ2n) is 4.89.